The topological polar surface area (TPSA) is 93.6 Å². The Labute approximate surface area is 98.8 Å². The first-order valence-corrected chi connectivity index (χ1v) is 5.00. The maximum Gasteiger partial charge on any atom is 0.356 e. The van der Waals surface area contributed by atoms with E-state index in [2.05, 4.69) is 15.5 Å². The number of hydrogen-bond acceptors (Lipinski definition) is 6. The van der Waals surface area contributed by atoms with E-state index in [9.17, 15) is 4.79 Å². The minimum Gasteiger partial charge on any atom is -0.476 e. The Morgan fingerprint density at radius 2 is 2.24 bits per heavy atom. The summed E-state index contributed by atoms with van der Waals surface area (Å²) in [5, 5.41) is 18.9. The predicted molar refractivity (Wildman–Crippen MR) is 60.2 cm³/mol. The molecule has 7 nitrogen and oxygen atoms in total. The van der Waals surface area contributed by atoms with Gasteiger partial charge in [-0.25, -0.2) is 4.79 Å². The van der Waals surface area contributed by atoms with Crippen LogP contribution in [0.4, 0.5) is 5.82 Å². The van der Waals surface area contributed by atoms with Gasteiger partial charge in [-0.2, -0.15) is 0 Å². The van der Waals surface area contributed by atoms with Crippen LogP contribution >= 0.6 is 0 Å². The van der Waals surface area contributed by atoms with Crippen molar-refractivity contribution in [2.75, 3.05) is 32.7 Å². The molecule has 94 valence electrons. The third-order valence-corrected chi connectivity index (χ3v) is 2.08. The molecule has 17 heavy (non-hydrogen) atoms. The molecule has 0 aliphatic heterocycles. The second-order valence-corrected chi connectivity index (χ2v) is 3.30. The highest BCUT2D eigenvalue weighted by Crippen LogP contribution is 2.03. The highest BCUT2D eigenvalue weighted by molar-refractivity contribution is 5.85. The van der Waals surface area contributed by atoms with Crippen molar-refractivity contribution in [3.63, 3.8) is 0 Å². The highest BCUT2D eigenvalue weighted by atomic mass is 16.5. The Bertz CT molecular complexity index is 355. The van der Waals surface area contributed by atoms with Gasteiger partial charge in [-0.1, -0.05) is 0 Å². The molecule has 0 fully saturated rings. The fourth-order valence-corrected chi connectivity index (χ4v) is 1.16. The first-order valence-electron chi connectivity index (χ1n) is 5.00. The van der Waals surface area contributed by atoms with Crippen molar-refractivity contribution < 1.29 is 19.4 Å². The van der Waals surface area contributed by atoms with Crippen molar-refractivity contribution in [2.24, 2.45) is 0 Å². The average molecular weight is 241 g/mol. The van der Waals surface area contributed by atoms with Crippen molar-refractivity contribution in [1.29, 1.82) is 0 Å². The third kappa shape index (κ3) is 4.33. The second kappa shape index (κ2) is 6.77. The van der Waals surface area contributed by atoms with Gasteiger partial charge in [0.05, 0.1) is 12.7 Å². The lowest BCUT2D eigenvalue weighted by Gasteiger charge is -2.14. The van der Waals surface area contributed by atoms with E-state index in [1.54, 1.807) is 20.3 Å². The van der Waals surface area contributed by atoms with Gasteiger partial charge < -0.3 is 19.9 Å². The molecular formula is C10H15N3O4. The number of carboxylic acids is 1. The largest absolute Gasteiger partial charge is 0.476 e. The number of carboxylic acid groups (broad SMARTS) is 1. The zero-order valence-electron chi connectivity index (χ0n) is 9.71. The quantitative estimate of drug-likeness (QED) is 0.706. The van der Waals surface area contributed by atoms with Gasteiger partial charge in [-0.05, 0) is 12.1 Å². The number of aromatic carboxylic acids is 1. The molecule has 0 saturated carbocycles. The lowest BCUT2D eigenvalue weighted by Crippen LogP contribution is -2.27. The van der Waals surface area contributed by atoms with Crippen LogP contribution in [0.3, 0.4) is 0 Å². The number of nitrogens with one attached hydrogen (secondary N) is 1. The smallest absolute Gasteiger partial charge is 0.356 e. The summed E-state index contributed by atoms with van der Waals surface area (Å²) in [4.78, 5) is 10.6. The Morgan fingerprint density at radius 1 is 1.47 bits per heavy atom. The number of ether oxygens (including phenoxy) is 2. The van der Waals surface area contributed by atoms with Crippen molar-refractivity contribution in [3.8, 4) is 0 Å². The minimum absolute atomic E-state index is 0.0873. The summed E-state index contributed by atoms with van der Waals surface area (Å²) in [5.41, 5.74) is -0.0873. The van der Waals surface area contributed by atoms with E-state index in [0.717, 1.165) is 0 Å². The van der Waals surface area contributed by atoms with E-state index < -0.39 is 5.97 Å². The Morgan fingerprint density at radius 3 is 2.71 bits per heavy atom. The summed E-state index contributed by atoms with van der Waals surface area (Å²) in [6.07, 6.45) is -0.0963. The van der Waals surface area contributed by atoms with Gasteiger partial charge in [0.25, 0.3) is 0 Å². The summed E-state index contributed by atoms with van der Waals surface area (Å²) in [7, 11) is 3.18. The molecule has 0 amide bonds. The lowest BCUT2D eigenvalue weighted by atomic mass is 10.3. The number of rotatable bonds is 7. The van der Waals surface area contributed by atoms with Crippen LogP contribution in [0.2, 0.25) is 0 Å². The molecule has 0 aromatic carbocycles. The van der Waals surface area contributed by atoms with Crippen LogP contribution in [0.15, 0.2) is 12.1 Å². The maximum absolute atomic E-state index is 10.6. The van der Waals surface area contributed by atoms with Gasteiger partial charge in [-0.15, -0.1) is 10.2 Å². The third-order valence-electron chi connectivity index (χ3n) is 2.08. The number of carbonyl (C=O) groups is 1. The van der Waals surface area contributed by atoms with E-state index in [1.807, 2.05) is 0 Å². The number of hydrogen-bond donors (Lipinski definition) is 2. The summed E-state index contributed by atoms with van der Waals surface area (Å²) in [6.45, 7) is 0.968. The zero-order valence-corrected chi connectivity index (χ0v) is 9.71. The van der Waals surface area contributed by atoms with Crippen molar-refractivity contribution in [1.82, 2.24) is 10.2 Å². The standard InChI is InChI=1S/C10H15N3O4/c1-16-6-7(17-2)5-11-9-4-3-8(10(14)15)12-13-9/h3-4,7H,5-6H2,1-2H3,(H,11,13)(H,14,15). The molecular weight excluding hydrogens is 226 g/mol. The molecule has 1 unspecified atom stereocenters. The van der Waals surface area contributed by atoms with Crippen molar-refractivity contribution >= 4 is 11.8 Å². The maximum atomic E-state index is 10.6. The molecule has 0 bridgehead atoms. The molecule has 0 saturated heterocycles. The van der Waals surface area contributed by atoms with Crippen molar-refractivity contribution in [3.05, 3.63) is 17.8 Å². The van der Waals surface area contributed by atoms with Gasteiger partial charge in [-0.3, -0.25) is 0 Å². The summed E-state index contributed by atoms with van der Waals surface area (Å²) in [5.74, 6) is -0.605. The van der Waals surface area contributed by atoms with E-state index >= 15 is 0 Å². The molecule has 1 aromatic heterocycles. The average Bonchev–Trinajstić information content (AvgIpc) is 2.35. The number of methoxy groups -OCH3 is 2. The fraction of sp³-hybridized carbons (Fsp3) is 0.500. The van der Waals surface area contributed by atoms with Crippen LogP contribution in [0.5, 0.6) is 0 Å². The van der Waals surface area contributed by atoms with Crippen LogP contribution in [-0.4, -0.2) is 54.7 Å². The highest BCUT2D eigenvalue weighted by Gasteiger charge is 2.08. The summed E-state index contributed by atoms with van der Waals surface area (Å²) >= 11 is 0. The lowest BCUT2D eigenvalue weighted by molar-refractivity contribution is 0.0365. The van der Waals surface area contributed by atoms with Crippen LogP contribution in [0.25, 0.3) is 0 Å². The number of aromatic nitrogens is 2. The van der Waals surface area contributed by atoms with Crippen LogP contribution in [0, 0.1) is 0 Å². The van der Waals surface area contributed by atoms with Crippen LogP contribution in [-0.2, 0) is 9.47 Å². The predicted octanol–water partition coefficient (Wildman–Crippen LogP) is 0.248. The molecule has 2 N–H and O–H groups in total. The van der Waals surface area contributed by atoms with Gasteiger partial charge >= 0.3 is 5.97 Å². The molecule has 1 aromatic rings. The Kier molecular flexibility index (Phi) is 5.31. The Hall–Kier alpha value is -1.73. The van der Waals surface area contributed by atoms with Gasteiger partial charge in [0, 0.05) is 20.8 Å². The minimum atomic E-state index is -1.10. The zero-order chi connectivity index (χ0) is 12.7. The summed E-state index contributed by atoms with van der Waals surface area (Å²) < 4.78 is 10.1. The molecule has 0 aliphatic rings. The molecule has 0 radical (unpaired) electrons. The molecule has 0 aliphatic carbocycles. The Balaban J connectivity index is 2.48. The molecule has 7 heteroatoms. The fourth-order valence-electron chi connectivity index (χ4n) is 1.16. The number of anilines is 1. The van der Waals surface area contributed by atoms with Crippen molar-refractivity contribution in [2.45, 2.75) is 6.10 Å². The molecule has 1 atom stereocenters. The van der Waals surface area contributed by atoms with E-state index in [4.69, 9.17) is 14.6 Å². The molecule has 0 spiro atoms. The normalized spacial score (nSPS) is 12.1. The van der Waals surface area contributed by atoms with E-state index in [1.165, 1.54) is 6.07 Å². The van der Waals surface area contributed by atoms with Gasteiger partial charge in [0.15, 0.2) is 5.69 Å². The summed E-state index contributed by atoms with van der Waals surface area (Å²) in [6, 6.07) is 2.94. The van der Waals surface area contributed by atoms with Crippen LogP contribution < -0.4 is 5.32 Å². The second-order valence-electron chi connectivity index (χ2n) is 3.30. The van der Waals surface area contributed by atoms with Gasteiger partial charge in [0.2, 0.25) is 0 Å². The molecule has 1 heterocycles. The van der Waals surface area contributed by atoms with Gasteiger partial charge in [0.1, 0.15) is 5.82 Å². The SMILES string of the molecule is COCC(CNc1ccc(C(=O)O)nn1)OC. The number of nitrogens with zero attached hydrogens (tertiary/aromatic N) is 2. The monoisotopic (exact) mass is 241 g/mol. The van der Waals surface area contributed by atoms with Crippen LogP contribution in [0.1, 0.15) is 10.5 Å². The first kappa shape index (κ1) is 13.3. The first-order chi connectivity index (χ1) is 8.17. The van der Waals surface area contributed by atoms with E-state index in [0.29, 0.717) is 19.0 Å². The molecule has 1 rings (SSSR count). The van der Waals surface area contributed by atoms with E-state index in [-0.39, 0.29) is 11.8 Å².